The third-order valence-electron chi connectivity index (χ3n) is 3.63. The monoisotopic (exact) mass is 309 g/mol. The van der Waals surface area contributed by atoms with Gasteiger partial charge in [-0.3, -0.25) is 5.10 Å². The van der Waals surface area contributed by atoms with E-state index in [1.165, 1.54) is 11.8 Å². The number of hydrogen-bond donors (Lipinski definition) is 2. The van der Waals surface area contributed by atoms with Crippen LogP contribution in [0.25, 0.3) is 10.9 Å². The fourth-order valence-corrected chi connectivity index (χ4v) is 3.19. The van der Waals surface area contributed by atoms with Gasteiger partial charge in [-0.1, -0.05) is 32.0 Å². The average molecular weight is 309 g/mol. The zero-order valence-electron chi connectivity index (χ0n) is 12.8. The zero-order valence-corrected chi connectivity index (χ0v) is 13.6. The van der Waals surface area contributed by atoms with E-state index < -0.39 is 9.84 Å². The van der Waals surface area contributed by atoms with E-state index in [9.17, 15) is 8.42 Å². The van der Waals surface area contributed by atoms with Crippen LogP contribution in [-0.4, -0.2) is 37.2 Å². The van der Waals surface area contributed by atoms with Crippen LogP contribution in [0, 0.1) is 5.41 Å². The Morgan fingerprint density at radius 2 is 2.10 bits per heavy atom. The Labute approximate surface area is 126 Å². The maximum Gasteiger partial charge on any atom is 0.147 e. The smallest absolute Gasteiger partial charge is 0.147 e. The van der Waals surface area contributed by atoms with Crippen molar-refractivity contribution >= 4 is 20.7 Å². The standard InChI is InChI=1S/C15H23N3O2S/c1-15(2,7-8-21(3,19)20)11-16-9-12-5-4-6-13-10-17-18-14(12)13/h4-6,10,16H,7-9,11H2,1-3H3,(H,17,18). The minimum atomic E-state index is -2.90. The minimum absolute atomic E-state index is 0.0506. The van der Waals surface area contributed by atoms with Gasteiger partial charge in [0.1, 0.15) is 9.84 Å². The van der Waals surface area contributed by atoms with Gasteiger partial charge in [-0.05, 0) is 17.4 Å². The van der Waals surface area contributed by atoms with Gasteiger partial charge in [0.25, 0.3) is 0 Å². The number of fused-ring (bicyclic) bond motifs is 1. The molecule has 2 N–H and O–H groups in total. The van der Waals surface area contributed by atoms with Crippen LogP contribution in [0.5, 0.6) is 0 Å². The van der Waals surface area contributed by atoms with E-state index in [2.05, 4.69) is 35.4 Å². The van der Waals surface area contributed by atoms with Gasteiger partial charge in [0, 0.05) is 24.7 Å². The van der Waals surface area contributed by atoms with E-state index in [0.29, 0.717) is 6.42 Å². The van der Waals surface area contributed by atoms with Crippen LogP contribution < -0.4 is 5.32 Å². The number of rotatable bonds is 7. The first kappa shape index (κ1) is 16.0. The maximum absolute atomic E-state index is 11.3. The molecule has 0 unspecified atom stereocenters. The van der Waals surface area contributed by atoms with Gasteiger partial charge in [-0.25, -0.2) is 8.42 Å². The molecule has 0 aliphatic rings. The Kier molecular flexibility index (Phi) is 4.68. The number of nitrogens with one attached hydrogen (secondary N) is 2. The Balaban J connectivity index is 1.90. The summed E-state index contributed by atoms with van der Waals surface area (Å²) in [6, 6.07) is 6.11. The molecule has 0 atom stereocenters. The molecule has 2 rings (SSSR count). The van der Waals surface area contributed by atoms with Gasteiger partial charge in [-0.15, -0.1) is 0 Å². The maximum atomic E-state index is 11.3. The van der Waals surface area contributed by atoms with Crippen molar-refractivity contribution < 1.29 is 8.42 Å². The van der Waals surface area contributed by atoms with Gasteiger partial charge in [0.2, 0.25) is 0 Å². The van der Waals surface area contributed by atoms with Crippen molar-refractivity contribution in [2.24, 2.45) is 5.41 Å². The number of aromatic nitrogens is 2. The molecule has 0 amide bonds. The molecule has 0 spiro atoms. The highest BCUT2D eigenvalue weighted by Crippen LogP contribution is 2.21. The van der Waals surface area contributed by atoms with Crippen molar-refractivity contribution in [1.82, 2.24) is 15.5 Å². The van der Waals surface area contributed by atoms with Gasteiger partial charge in [0.15, 0.2) is 0 Å². The van der Waals surface area contributed by atoms with Crippen molar-refractivity contribution in [3.63, 3.8) is 0 Å². The normalized spacial score (nSPS) is 12.9. The summed E-state index contributed by atoms with van der Waals surface area (Å²) in [5.74, 6) is 0.234. The first-order valence-corrected chi connectivity index (χ1v) is 9.12. The zero-order chi connectivity index (χ0) is 15.5. The molecule has 6 heteroatoms. The van der Waals surface area contributed by atoms with Crippen LogP contribution in [0.15, 0.2) is 24.4 Å². The molecular weight excluding hydrogens is 286 g/mol. The van der Waals surface area contributed by atoms with Crippen LogP contribution in [-0.2, 0) is 16.4 Å². The summed E-state index contributed by atoms with van der Waals surface area (Å²) in [6.45, 7) is 5.68. The van der Waals surface area contributed by atoms with E-state index in [-0.39, 0.29) is 11.2 Å². The van der Waals surface area contributed by atoms with E-state index in [0.717, 1.165) is 24.0 Å². The molecular formula is C15H23N3O2S. The molecule has 0 aliphatic carbocycles. The lowest BCUT2D eigenvalue weighted by Crippen LogP contribution is -2.30. The summed E-state index contributed by atoms with van der Waals surface area (Å²) in [5, 5.41) is 11.6. The van der Waals surface area contributed by atoms with E-state index in [4.69, 9.17) is 0 Å². The molecule has 0 fully saturated rings. The summed E-state index contributed by atoms with van der Waals surface area (Å²) in [7, 11) is -2.90. The van der Waals surface area contributed by atoms with Crippen molar-refractivity contribution in [1.29, 1.82) is 0 Å². The largest absolute Gasteiger partial charge is 0.312 e. The summed E-state index contributed by atoms with van der Waals surface area (Å²) in [5.41, 5.74) is 2.17. The van der Waals surface area contributed by atoms with E-state index in [1.54, 1.807) is 0 Å². The number of sulfone groups is 1. The predicted octanol–water partition coefficient (Wildman–Crippen LogP) is 2.11. The minimum Gasteiger partial charge on any atom is -0.312 e. The molecule has 21 heavy (non-hydrogen) atoms. The Morgan fingerprint density at radius 1 is 1.33 bits per heavy atom. The van der Waals surface area contributed by atoms with E-state index >= 15 is 0 Å². The number of H-pyrrole nitrogens is 1. The Hall–Kier alpha value is -1.40. The fourth-order valence-electron chi connectivity index (χ4n) is 2.26. The van der Waals surface area contributed by atoms with Crippen molar-refractivity contribution in [2.45, 2.75) is 26.8 Å². The molecule has 0 saturated carbocycles. The molecule has 0 aliphatic heterocycles. The quantitative estimate of drug-likeness (QED) is 0.821. The highest BCUT2D eigenvalue weighted by Gasteiger charge is 2.19. The first-order valence-electron chi connectivity index (χ1n) is 7.06. The second kappa shape index (κ2) is 6.15. The topological polar surface area (TPSA) is 74.8 Å². The molecule has 0 radical (unpaired) electrons. The predicted molar refractivity (Wildman–Crippen MR) is 85.9 cm³/mol. The van der Waals surface area contributed by atoms with Crippen molar-refractivity contribution in [2.75, 3.05) is 18.6 Å². The molecule has 1 aromatic carbocycles. The number of benzene rings is 1. The van der Waals surface area contributed by atoms with Gasteiger partial charge in [-0.2, -0.15) is 5.10 Å². The Bertz CT molecular complexity index is 705. The van der Waals surface area contributed by atoms with Crippen LogP contribution in [0.4, 0.5) is 0 Å². The summed E-state index contributed by atoms with van der Waals surface area (Å²) in [4.78, 5) is 0. The lowest BCUT2D eigenvalue weighted by Gasteiger charge is -2.24. The third-order valence-corrected chi connectivity index (χ3v) is 4.58. The third kappa shape index (κ3) is 4.82. The summed E-state index contributed by atoms with van der Waals surface area (Å²) < 4.78 is 22.5. The fraction of sp³-hybridized carbons (Fsp3) is 0.533. The average Bonchev–Trinajstić information content (AvgIpc) is 2.85. The number of para-hydroxylation sites is 1. The highest BCUT2D eigenvalue weighted by atomic mass is 32.2. The number of hydrogen-bond acceptors (Lipinski definition) is 4. The van der Waals surface area contributed by atoms with Gasteiger partial charge < -0.3 is 5.32 Å². The van der Waals surface area contributed by atoms with Crippen LogP contribution in [0.1, 0.15) is 25.8 Å². The lowest BCUT2D eigenvalue weighted by atomic mass is 9.90. The SMILES string of the molecule is CC(C)(CCS(C)(=O)=O)CNCc1cccc2cn[nH]c12. The van der Waals surface area contributed by atoms with Crippen molar-refractivity contribution in [3.8, 4) is 0 Å². The molecule has 1 aromatic heterocycles. The molecule has 5 nitrogen and oxygen atoms in total. The molecule has 116 valence electrons. The van der Waals surface area contributed by atoms with Gasteiger partial charge in [0.05, 0.1) is 17.5 Å². The molecule has 0 bridgehead atoms. The van der Waals surface area contributed by atoms with E-state index in [1.807, 2.05) is 18.3 Å². The first-order chi connectivity index (χ1) is 9.77. The molecule has 2 aromatic rings. The molecule has 0 saturated heterocycles. The summed E-state index contributed by atoms with van der Waals surface area (Å²) >= 11 is 0. The Morgan fingerprint density at radius 3 is 2.81 bits per heavy atom. The van der Waals surface area contributed by atoms with Gasteiger partial charge >= 0.3 is 0 Å². The second-order valence-corrected chi connectivity index (χ2v) is 8.66. The number of aromatic amines is 1. The van der Waals surface area contributed by atoms with Crippen molar-refractivity contribution in [3.05, 3.63) is 30.0 Å². The lowest BCUT2D eigenvalue weighted by molar-refractivity contribution is 0.328. The van der Waals surface area contributed by atoms with Crippen LogP contribution >= 0.6 is 0 Å². The highest BCUT2D eigenvalue weighted by molar-refractivity contribution is 7.90. The molecule has 1 heterocycles. The second-order valence-electron chi connectivity index (χ2n) is 6.40. The number of nitrogens with zero attached hydrogens (tertiary/aromatic N) is 1. The summed E-state index contributed by atoms with van der Waals surface area (Å²) in [6.07, 6.45) is 3.76. The van der Waals surface area contributed by atoms with Crippen LogP contribution in [0.2, 0.25) is 0 Å². The van der Waals surface area contributed by atoms with Crippen LogP contribution in [0.3, 0.4) is 0 Å².